The maximum atomic E-state index is 12.9. The maximum Gasteiger partial charge on any atom is 0.227 e. The Hall–Kier alpha value is -2.73. The highest BCUT2D eigenvalue weighted by atomic mass is 32.1. The average molecular weight is 379 g/mol. The van der Waals surface area contributed by atoms with Gasteiger partial charge in [-0.15, -0.1) is 11.3 Å². The fourth-order valence-corrected chi connectivity index (χ4v) is 4.66. The van der Waals surface area contributed by atoms with Gasteiger partial charge >= 0.3 is 0 Å². The first kappa shape index (κ1) is 17.7. The van der Waals surface area contributed by atoms with Crippen molar-refractivity contribution in [2.75, 3.05) is 11.9 Å². The Bertz CT molecular complexity index is 948. The summed E-state index contributed by atoms with van der Waals surface area (Å²) >= 11 is 1.68. The van der Waals surface area contributed by atoms with E-state index in [1.165, 1.54) is 11.6 Å². The fourth-order valence-electron chi connectivity index (χ4n) is 3.54. The SMILES string of the molecule is CC(=O)Nc1ccc(CC(=O)N2CCC[C@H]2c2nc3ccccc3s2)cc1. The lowest BCUT2D eigenvalue weighted by Crippen LogP contribution is -2.31. The van der Waals surface area contributed by atoms with Crippen molar-refractivity contribution in [1.82, 2.24) is 9.88 Å². The molecule has 1 aliphatic rings. The topological polar surface area (TPSA) is 62.3 Å². The first-order valence-electron chi connectivity index (χ1n) is 9.11. The van der Waals surface area contributed by atoms with Crippen molar-refractivity contribution >= 4 is 39.1 Å². The van der Waals surface area contributed by atoms with Gasteiger partial charge < -0.3 is 10.2 Å². The monoisotopic (exact) mass is 379 g/mol. The number of para-hydroxylation sites is 1. The molecule has 0 saturated carbocycles. The molecular weight excluding hydrogens is 358 g/mol. The highest BCUT2D eigenvalue weighted by Gasteiger charge is 2.32. The summed E-state index contributed by atoms with van der Waals surface area (Å²) in [5, 5.41) is 3.77. The lowest BCUT2D eigenvalue weighted by molar-refractivity contribution is -0.131. The maximum absolute atomic E-state index is 12.9. The van der Waals surface area contributed by atoms with Gasteiger partial charge in [0.2, 0.25) is 11.8 Å². The molecule has 4 rings (SSSR count). The summed E-state index contributed by atoms with van der Waals surface area (Å²) in [6.07, 6.45) is 2.34. The summed E-state index contributed by atoms with van der Waals surface area (Å²) in [6.45, 7) is 2.26. The third kappa shape index (κ3) is 3.85. The van der Waals surface area contributed by atoms with Crippen molar-refractivity contribution in [2.45, 2.75) is 32.2 Å². The molecule has 5 nitrogen and oxygen atoms in total. The van der Waals surface area contributed by atoms with Gasteiger partial charge in [0.1, 0.15) is 5.01 Å². The van der Waals surface area contributed by atoms with Crippen molar-refractivity contribution in [3.63, 3.8) is 0 Å². The van der Waals surface area contributed by atoms with E-state index in [1.54, 1.807) is 11.3 Å². The Balaban J connectivity index is 1.48. The zero-order valence-corrected chi connectivity index (χ0v) is 16.0. The van der Waals surface area contributed by atoms with E-state index in [0.29, 0.717) is 6.42 Å². The standard InChI is InChI=1S/C21H21N3O2S/c1-14(25)22-16-10-8-15(9-11-16)13-20(26)24-12-4-6-18(24)21-23-17-5-2-3-7-19(17)27-21/h2-3,5,7-11,18H,4,6,12-13H2,1H3,(H,22,25)/t18-/m0/s1. The van der Waals surface area contributed by atoms with Gasteiger partial charge in [-0.3, -0.25) is 9.59 Å². The van der Waals surface area contributed by atoms with E-state index in [2.05, 4.69) is 11.4 Å². The Labute approximate surface area is 162 Å². The molecular formula is C21H21N3O2S. The van der Waals surface area contributed by atoms with Crippen LogP contribution in [0.5, 0.6) is 0 Å². The summed E-state index contributed by atoms with van der Waals surface area (Å²) in [5.41, 5.74) is 2.70. The van der Waals surface area contributed by atoms with Crippen LogP contribution in [0.1, 0.15) is 36.4 Å². The van der Waals surface area contributed by atoms with Gasteiger partial charge in [-0.05, 0) is 42.7 Å². The van der Waals surface area contributed by atoms with E-state index < -0.39 is 0 Å². The number of thiazole rings is 1. The summed E-state index contributed by atoms with van der Waals surface area (Å²) in [5.74, 6) is 0.0265. The van der Waals surface area contributed by atoms with Crippen molar-refractivity contribution in [3.05, 3.63) is 59.1 Å². The van der Waals surface area contributed by atoms with Crippen LogP contribution in [0.15, 0.2) is 48.5 Å². The summed E-state index contributed by atoms with van der Waals surface area (Å²) in [4.78, 5) is 30.7. The molecule has 138 valence electrons. The molecule has 1 atom stereocenters. The quantitative estimate of drug-likeness (QED) is 0.740. The zero-order chi connectivity index (χ0) is 18.8. The molecule has 1 aromatic heterocycles. The molecule has 3 aromatic rings. The molecule has 2 aromatic carbocycles. The Morgan fingerprint density at radius 3 is 2.70 bits per heavy atom. The molecule has 0 unspecified atom stereocenters. The summed E-state index contributed by atoms with van der Waals surface area (Å²) < 4.78 is 1.17. The van der Waals surface area contributed by atoms with Crippen LogP contribution in [-0.2, 0) is 16.0 Å². The molecule has 0 bridgehead atoms. The second kappa shape index (κ2) is 7.48. The van der Waals surface area contributed by atoms with Crippen LogP contribution in [0, 0.1) is 0 Å². The largest absolute Gasteiger partial charge is 0.333 e. The number of carbonyl (C=O) groups is 2. The van der Waals surface area contributed by atoms with Gasteiger partial charge in [0, 0.05) is 19.2 Å². The molecule has 1 saturated heterocycles. The number of nitrogens with one attached hydrogen (secondary N) is 1. The number of nitrogens with zero attached hydrogens (tertiary/aromatic N) is 2. The van der Waals surface area contributed by atoms with Crippen LogP contribution in [0.4, 0.5) is 5.69 Å². The van der Waals surface area contributed by atoms with E-state index in [9.17, 15) is 9.59 Å². The molecule has 0 aliphatic carbocycles. The molecule has 27 heavy (non-hydrogen) atoms. The summed E-state index contributed by atoms with van der Waals surface area (Å²) in [6, 6.07) is 15.6. The highest BCUT2D eigenvalue weighted by molar-refractivity contribution is 7.18. The highest BCUT2D eigenvalue weighted by Crippen LogP contribution is 2.36. The third-order valence-corrected chi connectivity index (χ3v) is 5.94. The van der Waals surface area contributed by atoms with Crippen molar-refractivity contribution in [3.8, 4) is 0 Å². The number of rotatable bonds is 4. The number of amides is 2. The minimum atomic E-state index is -0.102. The van der Waals surface area contributed by atoms with Crippen LogP contribution < -0.4 is 5.32 Å². The van der Waals surface area contributed by atoms with Gasteiger partial charge in [0.25, 0.3) is 0 Å². The Morgan fingerprint density at radius 1 is 1.19 bits per heavy atom. The van der Waals surface area contributed by atoms with Crippen LogP contribution >= 0.6 is 11.3 Å². The van der Waals surface area contributed by atoms with Gasteiger partial charge in [0.15, 0.2) is 0 Å². The molecule has 6 heteroatoms. The molecule has 0 spiro atoms. The fraction of sp³-hybridized carbons (Fsp3) is 0.286. The molecule has 2 heterocycles. The first-order chi connectivity index (χ1) is 13.1. The number of benzene rings is 2. The molecule has 2 amide bonds. The van der Waals surface area contributed by atoms with Crippen LogP contribution in [-0.4, -0.2) is 28.2 Å². The van der Waals surface area contributed by atoms with Crippen molar-refractivity contribution < 1.29 is 9.59 Å². The van der Waals surface area contributed by atoms with E-state index in [4.69, 9.17) is 4.98 Å². The molecule has 1 aliphatic heterocycles. The second-order valence-electron chi connectivity index (χ2n) is 6.82. The van der Waals surface area contributed by atoms with Crippen molar-refractivity contribution in [2.24, 2.45) is 0 Å². The van der Waals surface area contributed by atoms with Gasteiger partial charge in [0.05, 0.1) is 22.7 Å². The normalized spacial score (nSPS) is 16.6. The molecule has 1 N–H and O–H groups in total. The smallest absolute Gasteiger partial charge is 0.227 e. The Morgan fingerprint density at radius 2 is 1.96 bits per heavy atom. The van der Waals surface area contributed by atoms with E-state index in [0.717, 1.165) is 41.2 Å². The number of anilines is 1. The lowest BCUT2D eigenvalue weighted by atomic mass is 10.1. The number of hydrogen-bond acceptors (Lipinski definition) is 4. The predicted molar refractivity (Wildman–Crippen MR) is 108 cm³/mol. The molecule has 1 fully saturated rings. The molecule has 0 radical (unpaired) electrons. The predicted octanol–water partition coefficient (Wildman–Crippen LogP) is 4.16. The van der Waals surface area contributed by atoms with Crippen molar-refractivity contribution in [1.29, 1.82) is 0 Å². The van der Waals surface area contributed by atoms with Gasteiger partial charge in [-0.1, -0.05) is 24.3 Å². The zero-order valence-electron chi connectivity index (χ0n) is 15.1. The Kier molecular flexibility index (Phi) is 4.90. The van der Waals surface area contributed by atoms with Gasteiger partial charge in [-0.2, -0.15) is 0 Å². The number of aromatic nitrogens is 1. The first-order valence-corrected chi connectivity index (χ1v) is 9.93. The number of fused-ring (bicyclic) bond motifs is 1. The third-order valence-electron chi connectivity index (χ3n) is 4.80. The number of carbonyl (C=O) groups excluding carboxylic acids is 2. The summed E-state index contributed by atoms with van der Waals surface area (Å²) in [7, 11) is 0. The minimum Gasteiger partial charge on any atom is -0.333 e. The van der Waals surface area contributed by atoms with E-state index in [-0.39, 0.29) is 17.9 Å². The number of likely N-dealkylation sites (tertiary alicyclic amines) is 1. The lowest BCUT2D eigenvalue weighted by Gasteiger charge is -2.23. The van der Waals surface area contributed by atoms with Crippen LogP contribution in [0.3, 0.4) is 0 Å². The average Bonchev–Trinajstić information content (AvgIpc) is 3.29. The van der Waals surface area contributed by atoms with Gasteiger partial charge in [-0.25, -0.2) is 4.98 Å². The second-order valence-corrected chi connectivity index (χ2v) is 7.88. The van der Waals surface area contributed by atoms with Crippen LogP contribution in [0.25, 0.3) is 10.2 Å². The minimum absolute atomic E-state index is 0.0774. The van der Waals surface area contributed by atoms with E-state index in [1.807, 2.05) is 47.4 Å². The van der Waals surface area contributed by atoms with Crippen LogP contribution in [0.2, 0.25) is 0 Å². The number of hydrogen-bond donors (Lipinski definition) is 1. The van der Waals surface area contributed by atoms with E-state index >= 15 is 0 Å².